The Morgan fingerprint density at radius 2 is 2.33 bits per heavy atom. The van der Waals surface area contributed by atoms with E-state index in [1.165, 1.54) is 32.9 Å². The summed E-state index contributed by atoms with van der Waals surface area (Å²) >= 11 is 0. The molecule has 3 N–H and O–H groups in total. The lowest BCUT2D eigenvalue weighted by Crippen LogP contribution is -2.39. The third-order valence-corrected chi connectivity index (χ3v) is 1.79. The molecule has 0 aromatic rings. The molecule has 72 valence electrons. The van der Waals surface area contributed by atoms with Gasteiger partial charge in [-0.1, -0.05) is 6.42 Å². The maximum Gasteiger partial charge on any atom is 0.292 e. The van der Waals surface area contributed by atoms with Gasteiger partial charge in [0.2, 0.25) is 0 Å². The lowest BCUT2D eigenvalue weighted by Gasteiger charge is -2.21. The van der Waals surface area contributed by atoms with Gasteiger partial charge in [-0.25, -0.2) is 0 Å². The second kappa shape index (κ2) is 8.49. The Morgan fingerprint density at radius 1 is 1.67 bits per heavy atom. The number of piperidine rings is 1. The summed E-state index contributed by atoms with van der Waals surface area (Å²) in [6.45, 7) is 2.35. The average molecular weight is 174 g/mol. The molecule has 0 saturated carbocycles. The normalized spacial score (nSPS) is 22.0. The van der Waals surface area contributed by atoms with Crippen molar-refractivity contribution in [2.75, 3.05) is 20.2 Å². The van der Waals surface area contributed by atoms with E-state index in [0.717, 1.165) is 6.54 Å². The van der Waals surface area contributed by atoms with E-state index in [0.29, 0.717) is 12.5 Å². The molecule has 1 saturated heterocycles. The Balaban J connectivity index is 0.000000261. The van der Waals surface area contributed by atoms with Crippen molar-refractivity contribution >= 4 is 6.47 Å². The van der Waals surface area contributed by atoms with Gasteiger partial charge in [-0.05, 0) is 19.4 Å². The lowest BCUT2D eigenvalue weighted by atomic mass is 10.1. The van der Waals surface area contributed by atoms with Crippen LogP contribution in [0.3, 0.4) is 0 Å². The molecular weight excluding hydrogens is 156 g/mol. The molecule has 4 heteroatoms. The van der Waals surface area contributed by atoms with Gasteiger partial charge in [0.05, 0.1) is 7.11 Å². The molecule has 0 bridgehead atoms. The molecule has 1 fully saturated rings. The second-order valence-electron chi connectivity index (χ2n) is 2.71. The van der Waals surface area contributed by atoms with Gasteiger partial charge >= 0.3 is 0 Å². The molecule has 0 spiro atoms. The van der Waals surface area contributed by atoms with Crippen molar-refractivity contribution in [1.82, 2.24) is 5.32 Å². The quantitative estimate of drug-likeness (QED) is 0.573. The van der Waals surface area contributed by atoms with Gasteiger partial charge in [-0.3, -0.25) is 4.79 Å². The Labute approximate surface area is 73.5 Å². The van der Waals surface area contributed by atoms with E-state index >= 15 is 0 Å². The van der Waals surface area contributed by atoms with Crippen LogP contribution in [0, 0.1) is 0 Å². The molecule has 0 radical (unpaired) electrons. The predicted molar refractivity (Wildman–Crippen MR) is 47.8 cm³/mol. The predicted octanol–water partition coefficient (Wildman–Crippen LogP) is -0.124. The summed E-state index contributed by atoms with van der Waals surface area (Å²) in [6, 6.07) is 0.615. The first-order chi connectivity index (χ1) is 5.85. The number of nitrogens with two attached hydrogens (primary N) is 1. The molecule has 0 amide bonds. The molecule has 0 aromatic heterocycles. The van der Waals surface area contributed by atoms with Crippen LogP contribution in [0.15, 0.2) is 0 Å². The van der Waals surface area contributed by atoms with E-state index in [1.54, 1.807) is 0 Å². The van der Waals surface area contributed by atoms with Crippen LogP contribution in [-0.2, 0) is 9.53 Å². The first-order valence-electron chi connectivity index (χ1n) is 4.25. The van der Waals surface area contributed by atoms with Crippen LogP contribution >= 0.6 is 0 Å². The van der Waals surface area contributed by atoms with E-state index in [-0.39, 0.29) is 0 Å². The second-order valence-corrected chi connectivity index (χ2v) is 2.71. The fourth-order valence-corrected chi connectivity index (χ4v) is 1.13. The number of rotatable bonds is 2. The molecule has 0 aromatic carbocycles. The Hall–Kier alpha value is -0.610. The Bertz CT molecular complexity index is 103. The molecular formula is C8H18N2O2. The fourth-order valence-electron chi connectivity index (χ4n) is 1.13. The first kappa shape index (κ1) is 11.4. The summed E-state index contributed by atoms with van der Waals surface area (Å²) in [7, 11) is 1.31. The van der Waals surface area contributed by atoms with E-state index in [2.05, 4.69) is 10.1 Å². The number of nitrogens with one attached hydrogen (secondary N) is 1. The standard InChI is InChI=1S/C6H14N2.C2H4O2/c7-5-6-3-1-2-4-8-6;1-4-2-3/h6,8H,1-5,7H2;2H,1H3/t6-;/m0./s1. The highest BCUT2D eigenvalue weighted by Crippen LogP contribution is 2.04. The minimum Gasteiger partial charge on any atom is -0.471 e. The molecule has 1 aliphatic heterocycles. The molecule has 0 unspecified atom stereocenters. The van der Waals surface area contributed by atoms with Crippen molar-refractivity contribution in [1.29, 1.82) is 0 Å². The third-order valence-electron chi connectivity index (χ3n) is 1.79. The fraction of sp³-hybridized carbons (Fsp3) is 0.875. The third kappa shape index (κ3) is 6.12. The van der Waals surface area contributed by atoms with Gasteiger partial charge in [-0.2, -0.15) is 0 Å². The number of carbonyl (C=O) groups is 1. The van der Waals surface area contributed by atoms with Crippen molar-refractivity contribution in [3.05, 3.63) is 0 Å². The largest absolute Gasteiger partial charge is 0.471 e. The van der Waals surface area contributed by atoms with Gasteiger partial charge in [-0.15, -0.1) is 0 Å². The van der Waals surface area contributed by atoms with Gasteiger partial charge < -0.3 is 15.8 Å². The van der Waals surface area contributed by atoms with E-state index in [4.69, 9.17) is 10.5 Å². The maximum absolute atomic E-state index is 8.95. The summed E-state index contributed by atoms with van der Waals surface area (Å²) in [4.78, 5) is 8.95. The maximum atomic E-state index is 8.95. The summed E-state index contributed by atoms with van der Waals surface area (Å²) < 4.78 is 3.86. The van der Waals surface area contributed by atoms with Crippen molar-refractivity contribution < 1.29 is 9.53 Å². The van der Waals surface area contributed by atoms with Gasteiger partial charge in [0.15, 0.2) is 0 Å². The Morgan fingerprint density at radius 3 is 2.58 bits per heavy atom. The lowest BCUT2D eigenvalue weighted by molar-refractivity contribution is -0.126. The molecule has 4 nitrogen and oxygen atoms in total. The molecule has 1 heterocycles. The minimum atomic E-state index is 0.375. The SMILES string of the molecule is COC=O.NC[C@@H]1CCCCN1. The summed E-state index contributed by atoms with van der Waals surface area (Å²) in [5.41, 5.74) is 5.44. The zero-order valence-electron chi connectivity index (χ0n) is 7.58. The summed E-state index contributed by atoms with van der Waals surface area (Å²) in [5.74, 6) is 0. The van der Waals surface area contributed by atoms with E-state index in [1.807, 2.05) is 0 Å². The molecule has 0 aliphatic carbocycles. The molecule has 1 aliphatic rings. The molecule has 1 rings (SSSR count). The van der Waals surface area contributed by atoms with Crippen LogP contribution in [0.2, 0.25) is 0 Å². The van der Waals surface area contributed by atoms with Gasteiger partial charge in [0, 0.05) is 12.6 Å². The number of hydrogen-bond acceptors (Lipinski definition) is 4. The topological polar surface area (TPSA) is 64.3 Å². The monoisotopic (exact) mass is 174 g/mol. The van der Waals surface area contributed by atoms with Gasteiger partial charge in [0.1, 0.15) is 0 Å². The van der Waals surface area contributed by atoms with Crippen LogP contribution < -0.4 is 11.1 Å². The van der Waals surface area contributed by atoms with Crippen LogP contribution in [-0.4, -0.2) is 32.7 Å². The van der Waals surface area contributed by atoms with Crippen molar-refractivity contribution in [3.8, 4) is 0 Å². The van der Waals surface area contributed by atoms with E-state index in [9.17, 15) is 0 Å². The van der Waals surface area contributed by atoms with Crippen LogP contribution in [0.5, 0.6) is 0 Å². The highest BCUT2D eigenvalue weighted by Gasteiger charge is 2.08. The minimum absolute atomic E-state index is 0.375. The number of hydrogen-bond donors (Lipinski definition) is 2. The summed E-state index contributed by atoms with van der Waals surface area (Å²) in [6.07, 6.45) is 3.96. The van der Waals surface area contributed by atoms with Crippen molar-refractivity contribution in [2.45, 2.75) is 25.3 Å². The van der Waals surface area contributed by atoms with Crippen LogP contribution in [0.4, 0.5) is 0 Å². The molecule has 1 atom stereocenters. The van der Waals surface area contributed by atoms with Gasteiger partial charge in [0.25, 0.3) is 6.47 Å². The number of ether oxygens (including phenoxy) is 1. The first-order valence-corrected chi connectivity index (χ1v) is 4.25. The highest BCUT2D eigenvalue weighted by atomic mass is 16.5. The Kier molecular flexibility index (Phi) is 8.05. The average Bonchev–Trinajstić information content (AvgIpc) is 2.19. The zero-order chi connectivity index (χ0) is 9.23. The van der Waals surface area contributed by atoms with Crippen molar-refractivity contribution in [3.63, 3.8) is 0 Å². The van der Waals surface area contributed by atoms with Crippen LogP contribution in [0.1, 0.15) is 19.3 Å². The highest BCUT2D eigenvalue weighted by molar-refractivity contribution is 5.36. The van der Waals surface area contributed by atoms with E-state index < -0.39 is 0 Å². The smallest absolute Gasteiger partial charge is 0.292 e. The number of methoxy groups -OCH3 is 1. The number of carbonyl (C=O) groups excluding carboxylic acids is 1. The molecule has 12 heavy (non-hydrogen) atoms. The zero-order valence-corrected chi connectivity index (χ0v) is 7.58. The van der Waals surface area contributed by atoms with Crippen molar-refractivity contribution in [2.24, 2.45) is 5.73 Å². The summed E-state index contributed by atoms with van der Waals surface area (Å²) in [5, 5.41) is 3.34. The van der Waals surface area contributed by atoms with Crippen LogP contribution in [0.25, 0.3) is 0 Å².